The molecule has 1 aliphatic heterocycles. The topological polar surface area (TPSA) is 73.7 Å². The number of β-lactam (4-membered cyclic amide) rings is 1. The van der Waals surface area contributed by atoms with E-state index in [-0.39, 0.29) is 35.4 Å². The molecule has 2 heterocycles. The minimum Gasteiger partial charge on any atom is -0.397 e. The van der Waals surface area contributed by atoms with Crippen LogP contribution in [0.15, 0.2) is 6.07 Å². The Morgan fingerprint density at radius 3 is 2.57 bits per heavy atom. The first-order chi connectivity index (χ1) is 12.9. The fourth-order valence-corrected chi connectivity index (χ4v) is 4.52. The molecule has 0 saturated carbocycles. The van der Waals surface area contributed by atoms with Crippen molar-refractivity contribution in [2.24, 2.45) is 0 Å². The lowest BCUT2D eigenvalue weighted by molar-refractivity contribution is -0.159. The van der Waals surface area contributed by atoms with E-state index in [0.29, 0.717) is 25.3 Å². The number of carbonyl (C=O) groups excluding carboxylic acids is 2. The molecule has 1 aromatic rings. The third-order valence-corrected chi connectivity index (χ3v) is 10.5. The molecular formula is C20H35N3O4Si. The third-order valence-electron chi connectivity index (χ3n) is 5.95. The molecule has 2 rings (SSSR count). The highest BCUT2D eigenvalue weighted by atomic mass is 28.4. The first kappa shape index (κ1) is 22.8. The average molecular weight is 410 g/mol. The number of hydrogen-bond acceptors (Lipinski definition) is 5. The molecular weight excluding hydrogens is 374 g/mol. The zero-order valence-corrected chi connectivity index (χ0v) is 19.5. The molecule has 1 fully saturated rings. The number of rotatable bonds is 9. The fraction of sp³-hybridized carbons (Fsp3) is 0.750. The molecule has 0 N–H and O–H groups in total. The Kier molecular flexibility index (Phi) is 6.89. The number of nitrogens with zero attached hydrogens (tertiary/aromatic N) is 3. The van der Waals surface area contributed by atoms with Gasteiger partial charge in [0.05, 0.1) is 19.2 Å². The summed E-state index contributed by atoms with van der Waals surface area (Å²) < 4.78 is 13.2. The number of hydrogen-bond donors (Lipinski definition) is 0. The summed E-state index contributed by atoms with van der Waals surface area (Å²) in [6.45, 7) is 15.9. The molecule has 0 unspecified atom stereocenters. The van der Waals surface area contributed by atoms with Gasteiger partial charge < -0.3 is 14.1 Å². The number of aromatic nitrogens is 2. The quantitative estimate of drug-likeness (QED) is 0.355. The SMILES string of the molecule is COCCn1nc(C(=O)C[C@@H]2CC(=O)N2[C@@H](C)O[Si](C)(C)C(C)(C)C)cc1C. The van der Waals surface area contributed by atoms with E-state index in [1.165, 1.54) is 0 Å². The van der Waals surface area contributed by atoms with Crippen LogP contribution < -0.4 is 0 Å². The van der Waals surface area contributed by atoms with Gasteiger partial charge in [0, 0.05) is 25.6 Å². The minimum absolute atomic E-state index is 0.0405. The van der Waals surface area contributed by atoms with Gasteiger partial charge in [-0.25, -0.2) is 0 Å². The second-order valence-corrected chi connectivity index (χ2v) is 13.9. The maximum Gasteiger partial charge on any atom is 0.226 e. The summed E-state index contributed by atoms with van der Waals surface area (Å²) in [7, 11) is -0.361. The van der Waals surface area contributed by atoms with Gasteiger partial charge in [0.2, 0.25) is 5.91 Å². The number of likely N-dealkylation sites (tertiary alicyclic amines) is 1. The van der Waals surface area contributed by atoms with Crippen molar-refractivity contribution in [2.75, 3.05) is 13.7 Å². The molecule has 1 saturated heterocycles. The third kappa shape index (κ3) is 4.90. The van der Waals surface area contributed by atoms with Crippen molar-refractivity contribution >= 4 is 20.0 Å². The van der Waals surface area contributed by atoms with Gasteiger partial charge in [-0.3, -0.25) is 14.3 Å². The molecule has 7 nitrogen and oxygen atoms in total. The molecule has 8 heteroatoms. The Balaban J connectivity index is 2.02. The first-order valence-corrected chi connectivity index (χ1v) is 12.8. The van der Waals surface area contributed by atoms with Crippen LogP contribution in [0.4, 0.5) is 0 Å². The van der Waals surface area contributed by atoms with E-state index in [0.717, 1.165) is 5.69 Å². The van der Waals surface area contributed by atoms with E-state index in [2.05, 4.69) is 39.0 Å². The zero-order chi connectivity index (χ0) is 21.3. The van der Waals surface area contributed by atoms with E-state index >= 15 is 0 Å². The zero-order valence-electron chi connectivity index (χ0n) is 18.5. The smallest absolute Gasteiger partial charge is 0.226 e. The Labute approximate surface area is 169 Å². The van der Waals surface area contributed by atoms with E-state index in [1.807, 2.05) is 13.8 Å². The van der Waals surface area contributed by atoms with Crippen LogP contribution in [-0.4, -0.2) is 60.7 Å². The van der Waals surface area contributed by atoms with Crippen LogP contribution in [0.25, 0.3) is 0 Å². The Morgan fingerprint density at radius 1 is 1.39 bits per heavy atom. The van der Waals surface area contributed by atoms with Crippen LogP contribution in [0.5, 0.6) is 0 Å². The van der Waals surface area contributed by atoms with E-state index in [4.69, 9.17) is 9.16 Å². The highest BCUT2D eigenvalue weighted by Crippen LogP contribution is 2.39. The van der Waals surface area contributed by atoms with Gasteiger partial charge in [-0.2, -0.15) is 5.10 Å². The molecule has 0 aliphatic carbocycles. The van der Waals surface area contributed by atoms with E-state index < -0.39 is 8.32 Å². The number of ketones is 1. The van der Waals surface area contributed by atoms with Gasteiger partial charge in [0.1, 0.15) is 11.9 Å². The van der Waals surface area contributed by atoms with Crippen LogP contribution >= 0.6 is 0 Å². The Hall–Kier alpha value is -1.51. The standard InChI is InChI=1S/C20H35N3O4Si/c1-14-11-17(21-22(14)9-10-26-6)18(24)12-16-13-19(25)23(16)15(2)27-28(7,8)20(3,4)5/h11,15-16H,9-10,12-13H2,1-8H3/t15-,16-/m1/s1. The van der Waals surface area contributed by atoms with Gasteiger partial charge >= 0.3 is 0 Å². The molecule has 0 bridgehead atoms. The normalized spacial score (nSPS) is 18.9. The number of methoxy groups -OCH3 is 1. The van der Waals surface area contributed by atoms with E-state index in [9.17, 15) is 9.59 Å². The largest absolute Gasteiger partial charge is 0.397 e. The van der Waals surface area contributed by atoms with Crippen molar-refractivity contribution in [3.05, 3.63) is 17.5 Å². The molecule has 0 aromatic carbocycles. The minimum atomic E-state index is -2.00. The van der Waals surface area contributed by atoms with Crippen molar-refractivity contribution in [1.29, 1.82) is 0 Å². The van der Waals surface area contributed by atoms with Gasteiger partial charge in [-0.1, -0.05) is 20.8 Å². The van der Waals surface area contributed by atoms with Crippen LogP contribution in [0, 0.1) is 6.92 Å². The maximum atomic E-state index is 12.7. The number of amides is 1. The molecule has 1 aliphatic rings. The summed E-state index contributed by atoms with van der Waals surface area (Å²) in [6.07, 6.45) is 0.346. The molecule has 0 spiro atoms. The van der Waals surface area contributed by atoms with Gasteiger partial charge in [0.25, 0.3) is 0 Å². The van der Waals surface area contributed by atoms with E-state index in [1.54, 1.807) is 22.8 Å². The van der Waals surface area contributed by atoms with Gasteiger partial charge in [0.15, 0.2) is 14.1 Å². The summed E-state index contributed by atoms with van der Waals surface area (Å²) in [5, 5.41) is 4.46. The number of carbonyl (C=O) groups is 2. The molecule has 1 aromatic heterocycles. The van der Waals surface area contributed by atoms with Crippen molar-refractivity contribution < 1.29 is 18.8 Å². The Morgan fingerprint density at radius 2 is 2.04 bits per heavy atom. The molecule has 2 atom stereocenters. The molecule has 158 valence electrons. The van der Waals surface area contributed by atoms with Crippen LogP contribution in [0.2, 0.25) is 18.1 Å². The molecule has 1 amide bonds. The predicted molar refractivity (Wildman–Crippen MR) is 111 cm³/mol. The summed E-state index contributed by atoms with van der Waals surface area (Å²) in [4.78, 5) is 26.7. The number of ether oxygens (including phenoxy) is 1. The Bertz CT molecular complexity index is 724. The van der Waals surface area contributed by atoms with Crippen LogP contribution in [0.1, 0.15) is 56.7 Å². The fourth-order valence-electron chi connectivity index (χ4n) is 3.20. The summed E-state index contributed by atoms with van der Waals surface area (Å²) in [5.41, 5.74) is 1.38. The second-order valence-electron chi connectivity index (χ2n) is 9.15. The average Bonchev–Trinajstić information content (AvgIpc) is 2.91. The lowest BCUT2D eigenvalue weighted by Gasteiger charge is -2.48. The highest BCUT2D eigenvalue weighted by molar-refractivity contribution is 6.74. The van der Waals surface area contributed by atoms with Gasteiger partial charge in [-0.05, 0) is 38.0 Å². The summed E-state index contributed by atoms with van der Waals surface area (Å²) in [6, 6.07) is 1.68. The molecule has 28 heavy (non-hydrogen) atoms. The van der Waals surface area contributed by atoms with Crippen LogP contribution in [0.3, 0.4) is 0 Å². The second kappa shape index (κ2) is 8.47. The van der Waals surface area contributed by atoms with Crippen molar-refractivity contribution in [2.45, 2.75) is 84.4 Å². The lowest BCUT2D eigenvalue weighted by Crippen LogP contribution is -2.60. The summed E-state index contributed by atoms with van der Waals surface area (Å²) >= 11 is 0. The highest BCUT2D eigenvalue weighted by Gasteiger charge is 2.45. The molecule has 0 radical (unpaired) electrons. The summed E-state index contributed by atoms with van der Waals surface area (Å²) in [5.74, 6) is 0.00658. The predicted octanol–water partition coefficient (Wildman–Crippen LogP) is 3.38. The monoisotopic (exact) mass is 409 g/mol. The van der Waals surface area contributed by atoms with Gasteiger partial charge in [-0.15, -0.1) is 0 Å². The number of aryl methyl sites for hydroxylation is 1. The lowest BCUT2D eigenvalue weighted by atomic mass is 9.95. The van der Waals surface area contributed by atoms with Crippen molar-refractivity contribution in [3.8, 4) is 0 Å². The van der Waals surface area contributed by atoms with Crippen LogP contribution in [-0.2, 0) is 20.5 Å². The van der Waals surface area contributed by atoms with Crippen molar-refractivity contribution in [1.82, 2.24) is 14.7 Å². The first-order valence-electron chi connectivity index (χ1n) is 9.93. The maximum absolute atomic E-state index is 12.7. The van der Waals surface area contributed by atoms with Crippen molar-refractivity contribution in [3.63, 3.8) is 0 Å². The number of Topliss-reactive ketones (excluding diaryl/α,β-unsaturated/α-hetero) is 1.